The lowest BCUT2D eigenvalue weighted by Crippen LogP contribution is -2.59. The largest absolute Gasteiger partial charge is 0.477 e. The summed E-state index contributed by atoms with van der Waals surface area (Å²) in [5, 5.41) is 54.5. The zero-order valence-electron chi connectivity index (χ0n) is 8.93. The van der Waals surface area contributed by atoms with Crippen LogP contribution >= 0.6 is 0 Å². The number of rotatable bonds is 8. The molecule has 6 N–H and O–H groups in total. The van der Waals surface area contributed by atoms with Gasteiger partial charge >= 0.3 is 5.97 Å². The fourth-order valence-electron chi connectivity index (χ4n) is 1.01. The summed E-state index contributed by atoms with van der Waals surface area (Å²) < 4.78 is 4.45. The van der Waals surface area contributed by atoms with Gasteiger partial charge in [0.1, 0.15) is 18.3 Å². The fourth-order valence-corrected chi connectivity index (χ4v) is 1.01. The van der Waals surface area contributed by atoms with Gasteiger partial charge in [-0.3, -0.25) is 0 Å². The molecule has 0 unspecified atom stereocenters. The summed E-state index contributed by atoms with van der Waals surface area (Å²) in [7, 11) is 0. The Morgan fingerprint density at radius 1 is 1.41 bits per heavy atom. The summed E-state index contributed by atoms with van der Waals surface area (Å²) >= 11 is 0. The number of aliphatic carboxylic acids is 1. The molecule has 100 valence electrons. The Hall–Kier alpha value is -1.03. The third-order valence-electron chi connectivity index (χ3n) is 2.03. The molecule has 0 aliphatic carbocycles. The van der Waals surface area contributed by atoms with Crippen LogP contribution in [0.1, 0.15) is 0 Å². The number of ether oxygens (including phenoxy) is 1. The molecule has 0 amide bonds. The monoisotopic (exact) mass is 252 g/mol. The molecule has 0 aromatic heterocycles. The highest BCUT2D eigenvalue weighted by molar-refractivity contribution is 5.76. The van der Waals surface area contributed by atoms with Crippen LogP contribution in [0.15, 0.2) is 12.7 Å². The first-order valence-corrected chi connectivity index (χ1v) is 4.67. The molecule has 8 nitrogen and oxygen atoms in total. The lowest BCUT2D eigenvalue weighted by molar-refractivity contribution is -0.275. The number of aliphatic hydroxyl groups is 5. The van der Waals surface area contributed by atoms with Crippen LogP contribution in [-0.4, -0.2) is 73.9 Å². The van der Waals surface area contributed by atoms with E-state index < -0.39 is 43.3 Å². The number of hydrogen-bond donors (Lipinski definition) is 6. The smallest absolute Gasteiger partial charge is 0.367 e. The number of carboxylic acids is 1. The first-order chi connectivity index (χ1) is 7.81. The second-order valence-electron chi connectivity index (χ2n) is 3.29. The number of aliphatic hydroxyl groups excluding tert-OH is 4. The van der Waals surface area contributed by atoms with Gasteiger partial charge in [0, 0.05) is 0 Å². The lowest BCUT2D eigenvalue weighted by Gasteiger charge is -2.32. The highest BCUT2D eigenvalue weighted by Gasteiger charge is 2.50. The Labute approximate surface area is 97.0 Å². The van der Waals surface area contributed by atoms with E-state index in [1.54, 1.807) is 0 Å². The van der Waals surface area contributed by atoms with Crippen LogP contribution in [0.25, 0.3) is 0 Å². The van der Waals surface area contributed by atoms with Crippen molar-refractivity contribution in [3.05, 3.63) is 12.7 Å². The molecular weight excluding hydrogens is 236 g/mol. The first kappa shape index (κ1) is 16.0. The van der Waals surface area contributed by atoms with Crippen molar-refractivity contribution in [1.82, 2.24) is 0 Å². The summed E-state index contributed by atoms with van der Waals surface area (Å²) in [6.07, 6.45) is -5.13. The fraction of sp³-hybridized carbons (Fsp3) is 0.667. The van der Waals surface area contributed by atoms with Gasteiger partial charge in [0.05, 0.1) is 13.2 Å². The normalized spacial score (nSPS) is 20.1. The van der Waals surface area contributed by atoms with Crippen molar-refractivity contribution in [2.24, 2.45) is 0 Å². The van der Waals surface area contributed by atoms with E-state index in [-0.39, 0.29) is 0 Å². The van der Waals surface area contributed by atoms with Crippen molar-refractivity contribution in [2.45, 2.75) is 24.1 Å². The number of carbonyl (C=O) groups is 1. The summed E-state index contributed by atoms with van der Waals surface area (Å²) in [5.74, 6) is -5.06. The summed E-state index contributed by atoms with van der Waals surface area (Å²) in [6.45, 7) is 1.89. The van der Waals surface area contributed by atoms with Gasteiger partial charge in [0.25, 0.3) is 5.79 Å². The molecule has 0 aliphatic heterocycles. The third kappa shape index (κ3) is 3.73. The molecule has 0 spiro atoms. The predicted octanol–water partition coefficient (Wildman–Crippen LogP) is -2.96. The molecule has 0 bridgehead atoms. The van der Waals surface area contributed by atoms with Gasteiger partial charge in [-0.15, -0.1) is 6.58 Å². The Kier molecular flexibility index (Phi) is 6.24. The summed E-state index contributed by atoms with van der Waals surface area (Å²) in [4.78, 5) is 10.8. The quantitative estimate of drug-likeness (QED) is 0.198. The van der Waals surface area contributed by atoms with Gasteiger partial charge in [-0.05, 0) is 0 Å². The topological polar surface area (TPSA) is 148 Å². The molecule has 0 rings (SSSR count). The highest BCUT2D eigenvalue weighted by Crippen LogP contribution is 2.18. The van der Waals surface area contributed by atoms with Gasteiger partial charge in [-0.2, -0.15) is 0 Å². The van der Waals surface area contributed by atoms with E-state index in [0.29, 0.717) is 0 Å². The van der Waals surface area contributed by atoms with E-state index >= 15 is 0 Å². The molecule has 0 fully saturated rings. The zero-order chi connectivity index (χ0) is 13.6. The van der Waals surface area contributed by atoms with Crippen LogP contribution in [0.5, 0.6) is 0 Å². The van der Waals surface area contributed by atoms with Crippen LogP contribution in [0.3, 0.4) is 0 Å². The maximum atomic E-state index is 10.8. The van der Waals surface area contributed by atoms with E-state index in [9.17, 15) is 20.1 Å². The maximum Gasteiger partial charge on any atom is 0.367 e. The average Bonchev–Trinajstić information content (AvgIpc) is 2.32. The second-order valence-corrected chi connectivity index (χ2v) is 3.29. The molecule has 0 aliphatic rings. The third-order valence-corrected chi connectivity index (χ3v) is 2.03. The Morgan fingerprint density at radius 3 is 2.29 bits per heavy atom. The minimum absolute atomic E-state index is 0.401. The lowest BCUT2D eigenvalue weighted by atomic mass is 10.0. The van der Waals surface area contributed by atoms with Crippen molar-refractivity contribution in [1.29, 1.82) is 0 Å². The van der Waals surface area contributed by atoms with Gasteiger partial charge < -0.3 is 35.4 Å². The van der Waals surface area contributed by atoms with Gasteiger partial charge in [-0.1, -0.05) is 6.08 Å². The molecule has 0 radical (unpaired) electrons. The van der Waals surface area contributed by atoms with Crippen molar-refractivity contribution < 1.29 is 40.2 Å². The molecule has 8 heteroatoms. The van der Waals surface area contributed by atoms with Crippen molar-refractivity contribution >= 4 is 5.97 Å². The minimum atomic E-state index is -3.11. The molecule has 4 atom stereocenters. The van der Waals surface area contributed by atoms with Gasteiger partial charge in [0.2, 0.25) is 0 Å². The van der Waals surface area contributed by atoms with E-state index in [4.69, 9.17) is 15.3 Å². The Balaban J connectivity index is 4.92. The summed E-state index contributed by atoms with van der Waals surface area (Å²) in [6, 6.07) is 0. The number of hydrogen-bond acceptors (Lipinski definition) is 7. The molecule has 0 saturated carbocycles. The van der Waals surface area contributed by atoms with Gasteiger partial charge in [0.15, 0.2) is 0 Å². The maximum absolute atomic E-state index is 10.8. The molecular formula is C9H16O8. The van der Waals surface area contributed by atoms with Crippen molar-refractivity contribution in [3.63, 3.8) is 0 Å². The van der Waals surface area contributed by atoms with Crippen molar-refractivity contribution in [3.8, 4) is 0 Å². The zero-order valence-corrected chi connectivity index (χ0v) is 8.93. The van der Waals surface area contributed by atoms with Crippen LogP contribution in [-0.2, 0) is 9.53 Å². The molecule has 0 aromatic carbocycles. The first-order valence-electron chi connectivity index (χ1n) is 4.67. The standard InChI is InChI=1S/C9H16O8/c1-2-3-17-9(16,8(14)15)7(13)6(12)5(11)4-10/h2,5-7,10-13,16H,1,3-4H2,(H,14,15)/t5-,6+,7-,9-/m0/s1. The second kappa shape index (κ2) is 6.64. The highest BCUT2D eigenvalue weighted by atomic mass is 16.7. The van der Waals surface area contributed by atoms with Gasteiger partial charge in [-0.25, -0.2) is 4.79 Å². The van der Waals surface area contributed by atoms with E-state index in [1.165, 1.54) is 0 Å². The SMILES string of the molecule is C=CCO[C@](O)(C(=O)O)[C@@H](O)[C@H](O)[C@@H](O)CO. The van der Waals surface area contributed by atoms with Crippen molar-refractivity contribution in [2.75, 3.05) is 13.2 Å². The Bertz CT molecular complexity index is 268. The van der Waals surface area contributed by atoms with E-state index in [2.05, 4.69) is 11.3 Å². The van der Waals surface area contributed by atoms with E-state index in [1.807, 2.05) is 0 Å². The number of carboxylic acid groups (broad SMARTS) is 1. The minimum Gasteiger partial charge on any atom is -0.477 e. The molecule has 0 heterocycles. The predicted molar refractivity (Wildman–Crippen MR) is 53.8 cm³/mol. The molecule has 0 saturated heterocycles. The Morgan fingerprint density at radius 2 is 1.94 bits per heavy atom. The van der Waals surface area contributed by atoms with Crippen LogP contribution in [0.4, 0.5) is 0 Å². The van der Waals surface area contributed by atoms with Crippen LogP contribution < -0.4 is 0 Å². The molecule has 0 aromatic rings. The summed E-state index contributed by atoms with van der Waals surface area (Å²) in [5.41, 5.74) is 0. The molecule has 17 heavy (non-hydrogen) atoms. The average molecular weight is 252 g/mol. The van der Waals surface area contributed by atoms with E-state index in [0.717, 1.165) is 6.08 Å². The van der Waals surface area contributed by atoms with Crippen LogP contribution in [0.2, 0.25) is 0 Å². The van der Waals surface area contributed by atoms with Crippen LogP contribution in [0, 0.1) is 0 Å².